The van der Waals surface area contributed by atoms with Gasteiger partial charge in [-0.15, -0.1) is 0 Å². The van der Waals surface area contributed by atoms with Gasteiger partial charge in [0.15, 0.2) is 0 Å². The summed E-state index contributed by atoms with van der Waals surface area (Å²) in [6.07, 6.45) is 0.953. The first-order valence-corrected chi connectivity index (χ1v) is 7.51. The Morgan fingerprint density at radius 2 is 1.76 bits per heavy atom. The van der Waals surface area contributed by atoms with Gasteiger partial charge in [-0.1, -0.05) is 41.5 Å². The average molecular weight is 291 g/mol. The fraction of sp³-hybridized carbons (Fsp3) is 0.647. The molecule has 118 valence electrons. The third-order valence-electron chi connectivity index (χ3n) is 3.27. The monoisotopic (exact) mass is 291 g/mol. The topological polar surface area (TPSA) is 54.0 Å². The van der Waals surface area contributed by atoms with Crippen LogP contribution in [-0.4, -0.2) is 24.5 Å². The van der Waals surface area contributed by atoms with Crippen LogP contribution >= 0.6 is 0 Å². The van der Waals surface area contributed by atoms with Crippen molar-refractivity contribution in [3.05, 3.63) is 23.4 Å². The molecule has 4 nitrogen and oxygen atoms in total. The minimum atomic E-state index is -0.0900. The summed E-state index contributed by atoms with van der Waals surface area (Å²) in [4.78, 5) is 16.8. The minimum absolute atomic E-state index is 0.0383. The number of carbonyl (C=O) groups is 1. The Kier molecular flexibility index (Phi) is 5.37. The molecule has 1 aromatic heterocycles. The maximum Gasteiger partial charge on any atom is 0.251 e. The summed E-state index contributed by atoms with van der Waals surface area (Å²) >= 11 is 0. The average Bonchev–Trinajstić information content (AvgIpc) is 2.35. The number of rotatable bonds is 4. The molecule has 2 N–H and O–H groups in total. The summed E-state index contributed by atoms with van der Waals surface area (Å²) < 4.78 is 0. The van der Waals surface area contributed by atoms with Gasteiger partial charge < -0.3 is 10.6 Å². The molecular weight excluding hydrogens is 262 g/mol. The Bertz CT molecular complexity index is 496. The van der Waals surface area contributed by atoms with Crippen LogP contribution in [0.3, 0.4) is 0 Å². The summed E-state index contributed by atoms with van der Waals surface area (Å²) in [5.41, 5.74) is 1.70. The van der Waals surface area contributed by atoms with E-state index < -0.39 is 0 Å². The number of amides is 1. The van der Waals surface area contributed by atoms with Gasteiger partial charge >= 0.3 is 0 Å². The lowest BCUT2D eigenvalue weighted by Gasteiger charge is -2.20. The van der Waals surface area contributed by atoms with Crippen molar-refractivity contribution < 1.29 is 4.79 Å². The lowest BCUT2D eigenvalue weighted by molar-refractivity contribution is 0.0949. The number of hydrogen-bond acceptors (Lipinski definition) is 3. The fourth-order valence-corrected chi connectivity index (χ4v) is 1.83. The molecule has 0 radical (unpaired) electrons. The second kappa shape index (κ2) is 6.46. The Balaban J connectivity index is 2.89. The number of hydrogen-bond donors (Lipinski definition) is 2. The minimum Gasteiger partial charge on any atom is -0.373 e. The van der Waals surface area contributed by atoms with E-state index >= 15 is 0 Å². The number of aromatic nitrogens is 1. The molecule has 1 amide bonds. The van der Waals surface area contributed by atoms with E-state index in [4.69, 9.17) is 0 Å². The zero-order valence-electron chi connectivity index (χ0n) is 14.4. The quantitative estimate of drug-likeness (QED) is 0.891. The van der Waals surface area contributed by atoms with Crippen LogP contribution in [0.1, 0.15) is 64.0 Å². The zero-order chi connectivity index (χ0) is 16.3. The van der Waals surface area contributed by atoms with Gasteiger partial charge in [0.05, 0.1) is 0 Å². The molecule has 0 atom stereocenters. The van der Waals surface area contributed by atoms with Crippen LogP contribution in [0.15, 0.2) is 12.1 Å². The highest BCUT2D eigenvalue weighted by molar-refractivity contribution is 5.95. The number of pyridine rings is 1. The third kappa shape index (κ3) is 5.74. The van der Waals surface area contributed by atoms with Gasteiger partial charge in [0.2, 0.25) is 0 Å². The fourth-order valence-electron chi connectivity index (χ4n) is 1.83. The standard InChI is InChI=1S/C17H29N3O/c1-16(2,3)8-9-19-15(21)12-10-13(17(4,5)6)20-14(11-12)18-7/h10-11H,8-9H2,1-7H3,(H,18,20)(H,19,21). The molecule has 0 unspecified atom stereocenters. The highest BCUT2D eigenvalue weighted by Crippen LogP contribution is 2.23. The van der Waals surface area contributed by atoms with Crippen molar-refractivity contribution in [1.29, 1.82) is 0 Å². The molecule has 0 aliphatic heterocycles. The Morgan fingerprint density at radius 3 is 2.24 bits per heavy atom. The van der Waals surface area contributed by atoms with E-state index in [1.54, 1.807) is 6.07 Å². The molecule has 0 aliphatic carbocycles. The molecule has 0 spiro atoms. The molecule has 0 saturated carbocycles. The maximum atomic E-state index is 12.3. The summed E-state index contributed by atoms with van der Waals surface area (Å²) in [5, 5.41) is 6.01. The maximum absolute atomic E-state index is 12.3. The summed E-state index contributed by atoms with van der Waals surface area (Å²) in [6.45, 7) is 13.5. The predicted octanol–water partition coefficient (Wildman–Crippen LogP) is 3.59. The molecule has 0 bridgehead atoms. The van der Waals surface area contributed by atoms with Crippen LogP contribution in [0.4, 0.5) is 5.82 Å². The lowest BCUT2D eigenvalue weighted by atomic mass is 9.90. The number of carbonyl (C=O) groups excluding carboxylic acids is 1. The first kappa shape index (κ1) is 17.5. The van der Waals surface area contributed by atoms with Crippen LogP contribution in [-0.2, 0) is 5.41 Å². The van der Waals surface area contributed by atoms with Crippen molar-refractivity contribution in [3.8, 4) is 0 Å². The summed E-state index contributed by atoms with van der Waals surface area (Å²) in [6, 6.07) is 3.68. The van der Waals surface area contributed by atoms with E-state index in [2.05, 4.69) is 57.2 Å². The van der Waals surface area contributed by atoms with E-state index in [0.29, 0.717) is 12.1 Å². The molecule has 1 rings (SSSR count). The number of nitrogens with zero attached hydrogens (tertiary/aromatic N) is 1. The molecule has 0 fully saturated rings. The first-order chi connectivity index (χ1) is 9.53. The Morgan fingerprint density at radius 1 is 1.14 bits per heavy atom. The van der Waals surface area contributed by atoms with E-state index in [0.717, 1.165) is 17.9 Å². The highest BCUT2D eigenvalue weighted by Gasteiger charge is 2.19. The van der Waals surface area contributed by atoms with Crippen LogP contribution in [0.25, 0.3) is 0 Å². The largest absolute Gasteiger partial charge is 0.373 e. The second-order valence-corrected chi connectivity index (χ2v) is 7.69. The molecule has 1 heterocycles. The van der Waals surface area contributed by atoms with Gasteiger partial charge in [-0.3, -0.25) is 4.79 Å². The van der Waals surface area contributed by atoms with Gasteiger partial charge in [-0.25, -0.2) is 4.98 Å². The zero-order valence-corrected chi connectivity index (χ0v) is 14.4. The van der Waals surface area contributed by atoms with Crippen molar-refractivity contribution in [1.82, 2.24) is 10.3 Å². The second-order valence-electron chi connectivity index (χ2n) is 7.69. The van der Waals surface area contributed by atoms with Crippen molar-refractivity contribution in [2.24, 2.45) is 5.41 Å². The Hall–Kier alpha value is -1.58. The lowest BCUT2D eigenvalue weighted by Crippen LogP contribution is -2.28. The van der Waals surface area contributed by atoms with E-state index in [9.17, 15) is 4.79 Å². The molecule has 1 aromatic rings. The smallest absolute Gasteiger partial charge is 0.251 e. The molecule has 0 saturated heterocycles. The number of nitrogens with one attached hydrogen (secondary N) is 2. The third-order valence-corrected chi connectivity index (χ3v) is 3.27. The highest BCUT2D eigenvalue weighted by atomic mass is 16.1. The molecule has 0 aliphatic rings. The first-order valence-electron chi connectivity index (χ1n) is 7.51. The van der Waals surface area contributed by atoms with Crippen LogP contribution in [0.2, 0.25) is 0 Å². The van der Waals surface area contributed by atoms with E-state index in [-0.39, 0.29) is 16.7 Å². The van der Waals surface area contributed by atoms with Gasteiger partial charge in [-0.05, 0) is 24.0 Å². The van der Waals surface area contributed by atoms with Crippen LogP contribution < -0.4 is 10.6 Å². The van der Waals surface area contributed by atoms with Gasteiger partial charge in [-0.2, -0.15) is 0 Å². The van der Waals surface area contributed by atoms with E-state index in [1.807, 2.05) is 13.1 Å². The van der Waals surface area contributed by atoms with Crippen molar-refractivity contribution in [2.75, 3.05) is 18.9 Å². The Labute approximate surface area is 128 Å². The molecule has 0 aromatic carbocycles. The van der Waals surface area contributed by atoms with Gasteiger partial charge in [0.25, 0.3) is 5.91 Å². The number of anilines is 1. The van der Waals surface area contributed by atoms with Crippen molar-refractivity contribution in [3.63, 3.8) is 0 Å². The van der Waals surface area contributed by atoms with Crippen LogP contribution in [0, 0.1) is 5.41 Å². The predicted molar refractivity (Wildman–Crippen MR) is 88.9 cm³/mol. The SMILES string of the molecule is CNc1cc(C(=O)NCCC(C)(C)C)cc(C(C)(C)C)n1. The normalized spacial score (nSPS) is 12.1. The van der Waals surface area contributed by atoms with Crippen molar-refractivity contribution in [2.45, 2.75) is 53.4 Å². The summed E-state index contributed by atoms with van der Waals surface area (Å²) in [7, 11) is 1.82. The molecular formula is C17H29N3O. The van der Waals surface area contributed by atoms with Gasteiger partial charge in [0, 0.05) is 30.3 Å². The van der Waals surface area contributed by atoms with Gasteiger partial charge in [0.1, 0.15) is 5.82 Å². The van der Waals surface area contributed by atoms with Crippen LogP contribution in [0.5, 0.6) is 0 Å². The summed E-state index contributed by atoms with van der Waals surface area (Å²) in [5.74, 6) is 0.687. The van der Waals surface area contributed by atoms with E-state index in [1.165, 1.54) is 0 Å². The molecule has 21 heavy (non-hydrogen) atoms. The van der Waals surface area contributed by atoms with Crippen molar-refractivity contribution >= 4 is 11.7 Å². The molecule has 4 heteroatoms.